The van der Waals surface area contributed by atoms with Crippen LogP contribution in [-0.4, -0.2) is 49.5 Å². The first-order chi connectivity index (χ1) is 16.1. The summed E-state index contributed by atoms with van der Waals surface area (Å²) in [4.78, 5) is 21.6. The van der Waals surface area contributed by atoms with Crippen molar-refractivity contribution in [1.82, 2.24) is 15.2 Å². The van der Waals surface area contributed by atoms with Crippen molar-refractivity contribution in [3.05, 3.63) is 89.1 Å². The van der Waals surface area contributed by atoms with Gasteiger partial charge >= 0.3 is 0 Å². The average Bonchev–Trinajstić information content (AvgIpc) is 2.96. The van der Waals surface area contributed by atoms with E-state index in [4.69, 9.17) is 4.74 Å². The smallest absolute Gasteiger partial charge is 0.257 e. The minimum absolute atomic E-state index is 0. The summed E-state index contributed by atoms with van der Waals surface area (Å²) in [5, 5.41) is 3.21. The second-order valence-electron chi connectivity index (χ2n) is 8.52. The molecule has 1 amide bonds. The molecule has 3 aromatic rings. The Morgan fingerprint density at radius 2 is 1.88 bits per heavy atom. The van der Waals surface area contributed by atoms with E-state index in [2.05, 4.69) is 41.5 Å². The Morgan fingerprint density at radius 1 is 1.09 bits per heavy atom. The van der Waals surface area contributed by atoms with E-state index in [1.807, 2.05) is 60.3 Å². The van der Waals surface area contributed by atoms with Gasteiger partial charge in [0, 0.05) is 39.3 Å². The van der Waals surface area contributed by atoms with Crippen molar-refractivity contribution in [1.29, 1.82) is 0 Å². The third-order valence-electron chi connectivity index (χ3n) is 6.15. The third-order valence-corrected chi connectivity index (χ3v) is 6.15. The van der Waals surface area contributed by atoms with Crippen LogP contribution in [0.2, 0.25) is 0 Å². The molecule has 0 saturated heterocycles. The van der Waals surface area contributed by atoms with Gasteiger partial charge in [-0.15, -0.1) is 0 Å². The molecule has 4 rings (SSSR count). The highest BCUT2D eigenvalue weighted by Crippen LogP contribution is 2.28. The Morgan fingerprint density at radius 3 is 2.62 bits per heavy atom. The first-order valence-electron chi connectivity index (χ1n) is 11.5. The van der Waals surface area contributed by atoms with Crippen molar-refractivity contribution >= 4 is 25.2 Å². The van der Waals surface area contributed by atoms with E-state index in [1.165, 1.54) is 5.56 Å². The van der Waals surface area contributed by atoms with Gasteiger partial charge in [0.1, 0.15) is 17.7 Å². The lowest BCUT2D eigenvalue weighted by atomic mass is 10.1. The Hall–Kier alpha value is -3.03. The fraction of sp³-hybridized carbons (Fsp3) is 0.333. The van der Waals surface area contributed by atoms with Crippen LogP contribution in [0.15, 0.2) is 66.9 Å². The van der Waals surface area contributed by atoms with Crippen LogP contribution in [0.5, 0.6) is 5.75 Å². The van der Waals surface area contributed by atoms with E-state index in [-0.39, 0.29) is 25.5 Å². The van der Waals surface area contributed by atoms with Crippen LogP contribution in [0, 0.1) is 6.92 Å². The summed E-state index contributed by atoms with van der Waals surface area (Å²) >= 11 is 0. The maximum atomic E-state index is 13.2. The summed E-state index contributed by atoms with van der Waals surface area (Å²) in [5.41, 5.74) is 4.06. The molecule has 0 radical (unpaired) electrons. The Labute approximate surface area is 209 Å². The van der Waals surface area contributed by atoms with E-state index in [9.17, 15) is 4.79 Å². The van der Waals surface area contributed by atoms with Crippen LogP contribution in [0.1, 0.15) is 39.6 Å². The van der Waals surface area contributed by atoms with Gasteiger partial charge in [-0.25, -0.2) is 4.98 Å². The molecule has 34 heavy (non-hydrogen) atoms. The monoisotopic (exact) mass is 478 g/mol. The van der Waals surface area contributed by atoms with Gasteiger partial charge in [-0.1, -0.05) is 36.4 Å². The number of carbonyl (C=O) groups excluding carboxylic acids is 1. The molecular weight excluding hydrogens is 444 g/mol. The van der Waals surface area contributed by atoms with Crippen molar-refractivity contribution in [2.75, 3.05) is 38.6 Å². The molecular formula is C27H34N4O2S. The van der Waals surface area contributed by atoms with Gasteiger partial charge < -0.3 is 19.9 Å². The molecule has 2 aromatic carbocycles. The minimum Gasteiger partial charge on any atom is -0.486 e. The van der Waals surface area contributed by atoms with Gasteiger partial charge in [0.25, 0.3) is 5.91 Å². The second kappa shape index (κ2) is 11.9. The number of aromatic nitrogens is 1. The predicted octanol–water partition coefficient (Wildman–Crippen LogP) is 4.32. The molecule has 0 saturated carbocycles. The van der Waals surface area contributed by atoms with Crippen LogP contribution in [0.4, 0.5) is 5.82 Å². The summed E-state index contributed by atoms with van der Waals surface area (Å²) in [5.74, 6) is 1.62. The first-order valence-corrected chi connectivity index (χ1v) is 11.5. The second-order valence-corrected chi connectivity index (χ2v) is 8.52. The number of anilines is 1. The average molecular weight is 479 g/mol. The van der Waals surface area contributed by atoms with Crippen LogP contribution in [0.25, 0.3) is 0 Å². The van der Waals surface area contributed by atoms with Crippen molar-refractivity contribution in [3.63, 3.8) is 0 Å². The summed E-state index contributed by atoms with van der Waals surface area (Å²) in [7, 11) is 3.94. The fourth-order valence-corrected chi connectivity index (χ4v) is 4.19. The fourth-order valence-electron chi connectivity index (χ4n) is 4.19. The molecule has 0 aliphatic carbocycles. The number of nitrogens with one attached hydrogen (secondary N) is 1. The number of hydrogen-bond donors (Lipinski definition) is 1. The summed E-state index contributed by atoms with van der Waals surface area (Å²) in [6.45, 7) is 4.93. The topological polar surface area (TPSA) is 57.7 Å². The van der Waals surface area contributed by atoms with E-state index in [0.29, 0.717) is 18.7 Å². The van der Waals surface area contributed by atoms with Gasteiger partial charge in [0.15, 0.2) is 0 Å². The maximum Gasteiger partial charge on any atom is 0.257 e. The van der Waals surface area contributed by atoms with Gasteiger partial charge in [0.05, 0.1) is 5.56 Å². The third kappa shape index (κ3) is 5.90. The molecule has 0 fully saturated rings. The lowest BCUT2D eigenvalue weighted by molar-refractivity contribution is 0.0754. The number of pyridine rings is 1. The lowest BCUT2D eigenvalue weighted by Crippen LogP contribution is -2.33. The van der Waals surface area contributed by atoms with E-state index < -0.39 is 0 Å². The molecule has 6 nitrogen and oxygen atoms in total. The van der Waals surface area contributed by atoms with Crippen molar-refractivity contribution < 1.29 is 9.53 Å². The van der Waals surface area contributed by atoms with Gasteiger partial charge in [0.2, 0.25) is 0 Å². The number of benzene rings is 2. The minimum atomic E-state index is -0.0179. The molecule has 0 spiro atoms. The molecule has 1 N–H and O–H groups in total. The highest BCUT2D eigenvalue weighted by molar-refractivity contribution is 7.59. The number of fused-ring (bicyclic) bond motifs is 1. The molecule has 1 aliphatic heterocycles. The van der Waals surface area contributed by atoms with Crippen LogP contribution in [0.3, 0.4) is 0 Å². The van der Waals surface area contributed by atoms with Crippen LogP contribution < -0.4 is 15.0 Å². The predicted molar refractivity (Wildman–Crippen MR) is 142 cm³/mol. The standard InChI is InChI=1S/C27H32N4O2.H2S/c1-20-18-23(33-25(13-15-28-2)21-8-5-4-6-9-21)12-11-22(20)19-31-17-16-30(3)26-24(27(31)32)10-7-14-29-26;/h4-12,14,18,25,28H,13,15-17,19H2,1-3H3;1H2/t25-;/m0./s1. The highest BCUT2D eigenvalue weighted by atomic mass is 32.1. The molecule has 1 aromatic heterocycles. The number of likely N-dealkylation sites (N-methyl/N-ethyl adjacent to an activating group) is 1. The Kier molecular flexibility index (Phi) is 8.96. The Balaban J connectivity index is 0.00000324. The molecule has 0 unspecified atom stereocenters. The van der Waals surface area contributed by atoms with Gasteiger partial charge in [-0.3, -0.25) is 4.79 Å². The number of carbonyl (C=O) groups is 1. The number of hydrogen-bond acceptors (Lipinski definition) is 5. The van der Waals surface area contributed by atoms with Gasteiger partial charge in [-0.2, -0.15) is 13.5 Å². The van der Waals surface area contributed by atoms with Crippen molar-refractivity contribution in [3.8, 4) is 5.75 Å². The quantitative estimate of drug-likeness (QED) is 0.522. The number of ether oxygens (including phenoxy) is 1. The zero-order valence-corrected chi connectivity index (χ0v) is 21.1. The van der Waals surface area contributed by atoms with E-state index in [1.54, 1.807) is 6.20 Å². The number of rotatable bonds is 8. The molecule has 1 aliphatic rings. The first kappa shape index (κ1) is 25.6. The summed E-state index contributed by atoms with van der Waals surface area (Å²) in [6.07, 6.45) is 2.60. The Bertz CT molecular complexity index is 1090. The molecule has 7 heteroatoms. The van der Waals surface area contributed by atoms with E-state index >= 15 is 0 Å². The number of nitrogens with zero attached hydrogens (tertiary/aromatic N) is 3. The normalized spacial score (nSPS) is 14.1. The maximum absolute atomic E-state index is 13.2. The van der Waals surface area contributed by atoms with Crippen LogP contribution >= 0.6 is 13.5 Å². The SMILES string of the molecule is CNCC[C@H](Oc1ccc(CN2CCN(C)c3ncccc3C2=O)c(C)c1)c1ccccc1.S. The number of aryl methyl sites for hydroxylation is 1. The summed E-state index contributed by atoms with van der Waals surface area (Å²) in [6, 6.07) is 20.2. The van der Waals surface area contributed by atoms with Gasteiger partial charge in [-0.05, 0) is 61.5 Å². The summed E-state index contributed by atoms with van der Waals surface area (Å²) < 4.78 is 6.39. The lowest BCUT2D eigenvalue weighted by Gasteiger charge is -2.23. The molecule has 180 valence electrons. The molecule has 0 bridgehead atoms. The van der Waals surface area contributed by atoms with Crippen molar-refractivity contribution in [2.45, 2.75) is 26.0 Å². The highest BCUT2D eigenvalue weighted by Gasteiger charge is 2.26. The molecule has 1 atom stereocenters. The molecule has 2 heterocycles. The number of amides is 1. The zero-order chi connectivity index (χ0) is 23.2. The van der Waals surface area contributed by atoms with E-state index in [0.717, 1.165) is 42.2 Å². The van der Waals surface area contributed by atoms with Crippen molar-refractivity contribution in [2.24, 2.45) is 0 Å². The largest absolute Gasteiger partial charge is 0.486 e. The van der Waals surface area contributed by atoms with Crippen LogP contribution in [-0.2, 0) is 6.54 Å². The zero-order valence-electron chi connectivity index (χ0n) is 20.1.